The zero-order valence-electron chi connectivity index (χ0n) is 18.2. The Morgan fingerprint density at radius 2 is 1.76 bits per heavy atom. The first-order valence-electron chi connectivity index (χ1n) is 10.6. The number of hydrogen-bond donors (Lipinski definition) is 0. The van der Waals surface area contributed by atoms with Crippen molar-refractivity contribution in [2.75, 3.05) is 33.4 Å². The largest absolute Gasteiger partial charge is 0.486 e. The fourth-order valence-electron chi connectivity index (χ4n) is 3.84. The van der Waals surface area contributed by atoms with Crippen molar-refractivity contribution in [3.63, 3.8) is 0 Å². The summed E-state index contributed by atoms with van der Waals surface area (Å²) >= 11 is 0. The highest BCUT2D eigenvalue weighted by molar-refractivity contribution is 7.89. The van der Waals surface area contributed by atoms with Gasteiger partial charge in [0.1, 0.15) is 19.8 Å². The van der Waals surface area contributed by atoms with E-state index in [4.69, 9.17) is 18.9 Å². The lowest BCUT2D eigenvalue weighted by atomic mass is 9.98. The average Bonchev–Trinajstić information content (AvgIpc) is 2.86. The Hall–Kier alpha value is -3.11. The summed E-state index contributed by atoms with van der Waals surface area (Å²) in [6.45, 7) is 1.26. The molecule has 9 nitrogen and oxygen atoms in total. The molecule has 10 heteroatoms. The quantitative estimate of drug-likeness (QED) is 0.586. The van der Waals surface area contributed by atoms with Crippen molar-refractivity contribution >= 4 is 22.0 Å². The summed E-state index contributed by atoms with van der Waals surface area (Å²) in [7, 11) is -2.41. The second-order valence-corrected chi connectivity index (χ2v) is 9.72. The van der Waals surface area contributed by atoms with Crippen LogP contribution >= 0.6 is 0 Å². The van der Waals surface area contributed by atoms with Gasteiger partial charge in [0.15, 0.2) is 11.5 Å². The molecule has 2 heterocycles. The fraction of sp³-hybridized carbons (Fsp3) is 0.391. The molecule has 2 aromatic rings. The van der Waals surface area contributed by atoms with Gasteiger partial charge in [0.2, 0.25) is 10.0 Å². The molecular weight excluding hydrogens is 450 g/mol. The Balaban J connectivity index is 1.33. The number of carbonyl (C=O) groups excluding carboxylic acids is 2. The van der Waals surface area contributed by atoms with Gasteiger partial charge in [0, 0.05) is 19.2 Å². The molecule has 0 N–H and O–H groups in total. The summed E-state index contributed by atoms with van der Waals surface area (Å²) in [5.41, 5.74) is 1.05. The van der Waals surface area contributed by atoms with Gasteiger partial charge < -0.3 is 18.9 Å². The van der Waals surface area contributed by atoms with Crippen LogP contribution in [-0.2, 0) is 30.9 Å². The third-order valence-corrected chi connectivity index (χ3v) is 7.56. The van der Waals surface area contributed by atoms with Gasteiger partial charge in [-0.25, -0.2) is 13.2 Å². The molecule has 0 bridgehead atoms. The van der Waals surface area contributed by atoms with Crippen LogP contribution in [0, 0.1) is 5.92 Å². The number of piperidine rings is 1. The molecule has 0 amide bonds. The van der Waals surface area contributed by atoms with Gasteiger partial charge in [-0.2, -0.15) is 4.31 Å². The van der Waals surface area contributed by atoms with Gasteiger partial charge in [-0.1, -0.05) is 12.1 Å². The van der Waals surface area contributed by atoms with Crippen LogP contribution in [0.4, 0.5) is 0 Å². The number of fused-ring (bicyclic) bond motifs is 1. The Bertz CT molecular complexity index is 1140. The van der Waals surface area contributed by atoms with Crippen LogP contribution in [-0.4, -0.2) is 58.1 Å². The van der Waals surface area contributed by atoms with E-state index in [1.54, 1.807) is 30.3 Å². The van der Waals surface area contributed by atoms with E-state index in [0.29, 0.717) is 48.7 Å². The van der Waals surface area contributed by atoms with Crippen molar-refractivity contribution < 1.29 is 37.0 Å². The molecule has 0 aromatic heterocycles. The monoisotopic (exact) mass is 475 g/mol. The zero-order valence-corrected chi connectivity index (χ0v) is 19.0. The minimum atomic E-state index is -3.71. The van der Waals surface area contributed by atoms with E-state index >= 15 is 0 Å². The molecule has 1 fully saturated rings. The maximum Gasteiger partial charge on any atom is 0.337 e. The third-order valence-electron chi connectivity index (χ3n) is 5.67. The summed E-state index contributed by atoms with van der Waals surface area (Å²) in [5, 5.41) is 0. The summed E-state index contributed by atoms with van der Waals surface area (Å²) in [6, 6.07) is 11.3. The highest BCUT2D eigenvalue weighted by Crippen LogP contribution is 2.34. The van der Waals surface area contributed by atoms with Gasteiger partial charge in [0.05, 0.1) is 23.5 Å². The molecule has 33 heavy (non-hydrogen) atoms. The molecule has 0 atom stereocenters. The number of benzene rings is 2. The van der Waals surface area contributed by atoms with Crippen molar-refractivity contribution in [2.45, 2.75) is 24.3 Å². The fourth-order valence-corrected chi connectivity index (χ4v) is 5.33. The van der Waals surface area contributed by atoms with Crippen LogP contribution in [0.3, 0.4) is 0 Å². The minimum absolute atomic E-state index is 0.0272. The molecule has 176 valence electrons. The summed E-state index contributed by atoms with van der Waals surface area (Å²) in [4.78, 5) is 24.3. The predicted molar refractivity (Wildman–Crippen MR) is 116 cm³/mol. The van der Waals surface area contributed by atoms with E-state index in [2.05, 4.69) is 0 Å². The van der Waals surface area contributed by atoms with Crippen LogP contribution in [0.15, 0.2) is 47.4 Å². The standard InChI is InChI=1S/C23H25NO8S/c1-29-22(25)18-4-2-3-16(13-18)15-32-23(26)17-7-9-24(10-8-17)33(27,28)19-5-6-20-21(14-19)31-12-11-30-20/h2-6,13-14,17H,7-12,15H2,1H3. The van der Waals surface area contributed by atoms with Crippen LogP contribution in [0.1, 0.15) is 28.8 Å². The van der Waals surface area contributed by atoms with E-state index in [-0.39, 0.29) is 36.5 Å². The summed E-state index contributed by atoms with van der Waals surface area (Å²) in [5.74, 6) is -0.291. The number of ether oxygens (including phenoxy) is 4. The van der Waals surface area contributed by atoms with Crippen molar-refractivity contribution in [2.24, 2.45) is 5.92 Å². The van der Waals surface area contributed by atoms with Crippen molar-refractivity contribution in [1.29, 1.82) is 0 Å². The van der Waals surface area contributed by atoms with Crippen LogP contribution < -0.4 is 9.47 Å². The Morgan fingerprint density at radius 1 is 1.03 bits per heavy atom. The Morgan fingerprint density at radius 3 is 2.48 bits per heavy atom. The van der Waals surface area contributed by atoms with Crippen LogP contribution in [0.25, 0.3) is 0 Å². The lowest BCUT2D eigenvalue weighted by Crippen LogP contribution is -2.40. The third kappa shape index (κ3) is 5.12. The molecule has 0 saturated carbocycles. The van der Waals surface area contributed by atoms with E-state index < -0.39 is 16.0 Å². The van der Waals surface area contributed by atoms with Gasteiger partial charge in [-0.3, -0.25) is 4.79 Å². The first kappa shape index (κ1) is 23.1. The summed E-state index contributed by atoms with van der Waals surface area (Å²) in [6.07, 6.45) is 0.732. The smallest absolute Gasteiger partial charge is 0.337 e. The number of esters is 2. The summed E-state index contributed by atoms with van der Waals surface area (Å²) < 4.78 is 48.5. The normalized spacial score (nSPS) is 16.8. The van der Waals surface area contributed by atoms with Crippen LogP contribution in [0.2, 0.25) is 0 Å². The molecule has 0 radical (unpaired) electrons. The maximum absolute atomic E-state index is 13.0. The van der Waals surface area contributed by atoms with E-state index in [1.165, 1.54) is 23.5 Å². The van der Waals surface area contributed by atoms with Gasteiger partial charge in [-0.15, -0.1) is 0 Å². The first-order chi connectivity index (χ1) is 15.9. The van der Waals surface area contributed by atoms with E-state index in [1.807, 2.05) is 0 Å². The predicted octanol–water partition coefficient (Wildman–Crippen LogP) is 2.39. The molecule has 0 aliphatic carbocycles. The molecule has 4 rings (SSSR count). The van der Waals surface area contributed by atoms with Gasteiger partial charge in [0.25, 0.3) is 0 Å². The molecule has 2 aliphatic rings. The molecule has 2 aliphatic heterocycles. The highest BCUT2D eigenvalue weighted by Gasteiger charge is 2.33. The Kier molecular flexibility index (Phi) is 6.85. The highest BCUT2D eigenvalue weighted by atomic mass is 32.2. The topological polar surface area (TPSA) is 108 Å². The molecule has 0 spiro atoms. The Labute approximate surface area is 192 Å². The molecule has 1 saturated heterocycles. The zero-order chi connectivity index (χ0) is 23.4. The van der Waals surface area contributed by atoms with Gasteiger partial charge in [-0.05, 0) is 42.7 Å². The van der Waals surface area contributed by atoms with Gasteiger partial charge >= 0.3 is 11.9 Å². The van der Waals surface area contributed by atoms with Crippen molar-refractivity contribution in [1.82, 2.24) is 4.31 Å². The molecule has 0 unspecified atom stereocenters. The SMILES string of the molecule is COC(=O)c1cccc(COC(=O)C2CCN(S(=O)(=O)c3ccc4c(c3)OCCO4)CC2)c1. The molecule has 2 aromatic carbocycles. The van der Waals surface area contributed by atoms with Crippen molar-refractivity contribution in [3.05, 3.63) is 53.6 Å². The number of sulfonamides is 1. The lowest BCUT2D eigenvalue weighted by molar-refractivity contribution is -0.151. The number of methoxy groups -OCH3 is 1. The second-order valence-electron chi connectivity index (χ2n) is 7.78. The second kappa shape index (κ2) is 9.80. The lowest BCUT2D eigenvalue weighted by Gasteiger charge is -2.30. The number of hydrogen-bond acceptors (Lipinski definition) is 8. The van der Waals surface area contributed by atoms with E-state index in [0.717, 1.165) is 0 Å². The molecular formula is C23H25NO8S. The number of carbonyl (C=O) groups is 2. The van der Waals surface area contributed by atoms with Crippen LogP contribution in [0.5, 0.6) is 11.5 Å². The van der Waals surface area contributed by atoms with Crippen molar-refractivity contribution in [3.8, 4) is 11.5 Å². The average molecular weight is 476 g/mol. The number of nitrogens with zero attached hydrogens (tertiary/aromatic N) is 1. The van der Waals surface area contributed by atoms with E-state index in [9.17, 15) is 18.0 Å². The first-order valence-corrected chi connectivity index (χ1v) is 12.1. The maximum atomic E-state index is 13.0. The minimum Gasteiger partial charge on any atom is -0.486 e. The number of rotatable bonds is 6.